The third kappa shape index (κ3) is 4.39. The highest BCUT2D eigenvalue weighted by Gasteiger charge is 2.41. The Kier molecular flexibility index (Phi) is 5.51. The van der Waals surface area contributed by atoms with Gasteiger partial charge in [-0.2, -0.15) is 0 Å². The standard InChI is InChI=1S/C25H24ClN5O3S/c26-17-3-8-20-22(12-17)29-23(32)11-16-13-27-25(30-24(16)20)28-18-4-6-19(7-5-18)35(33,34)31-21-10-14-1-2-15(21)9-14/h3-8,12-15,21,31H,1-2,9-11H2,(H,29,32)(H,27,28,30)/t14-,15-,21+/m0/s1. The molecule has 8 nitrogen and oxygen atoms in total. The van der Waals surface area contributed by atoms with Crippen LogP contribution in [-0.4, -0.2) is 30.3 Å². The fourth-order valence-electron chi connectivity index (χ4n) is 5.53. The second-order valence-corrected chi connectivity index (χ2v) is 11.7. The Morgan fingerprint density at radius 1 is 1.06 bits per heavy atom. The van der Waals surface area contributed by atoms with E-state index in [9.17, 15) is 13.2 Å². The van der Waals surface area contributed by atoms with E-state index in [1.54, 1.807) is 42.6 Å². The number of benzene rings is 2. The van der Waals surface area contributed by atoms with Crippen molar-refractivity contribution in [1.82, 2.24) is 14.7 Å². The first-order valence-electron chi connectivity index (χ1n) is 11.7. The second kappa shape index (κ2) is 8.58. The summed E-state index contributed by atoms with van der Waals surface area (Å²) in [5, 5.41) is 6.51. The molecule has 1 aliphatic heterocycles. The molecule has 0 unspecified atom stereocenters. The number of rotatable bonds is 5. The summed E-state index contributed by atoms with van der Waals surface area (Å²) in [6.07, 6.45) is 6.20. The molecule has 0 spiro atoms. The highest BCUT2D eigenvalue weighted by atomic mass is 35.5. The van der Waals surface area contributed by atoms with Crippen LogP contribution in [0.2, 0.25) is 5.02 Å². The predicted molar refractivity (Wildman–Crippen MR) is 134 cm³/mol. The smallest absolute Gasteiger partial charge is 0.240 e. The molecular weight excluding hydrogens is 486 g/mol. The minimum atomic E-state index is -3.57. The van der Waals surface area contributed by atoms with Gasteiger partial charge in [0.1, 0.15) is 0 Å². The maximum Gasteiger partial charge on any atom is 0.240 e. The van der Waals surface area contributed by atoms with Crippen molar-refractivity contribution in [2.75, 3.05) is 10.6 Å². The number of anilines is 3. The summed E-state index contributed by atoms with van der Waals surface area (Å²) in [5.74, 6) is 1.31. The number of carbonyl (C=O) groups excluding carboxylic acids is 1. The van der Waals surface area contributed by atoms with E-state index in [1.165, 1.54) is 6.42 Å². The summed E-state index contributed by atoms with van der Waals surface area (Å²) < 4.78 is 28.7. The molecule has 3 aliphatic rings. The molecule has 0 saturated heterocycles. The predicted octanol–water partition coefficient (Wildman–Crippen LogP) is 4.50. The summed E-state index contributed by atoms with van der Waals surface area (Å²) in [6, 6.07) is 11.9. The lowest BCUT2D eigenvalue weighted by molar-refractivity contribution is -0.115. The van der Waals surface area contributed by atoms with Gasteiger partial charge in [0, 0.05) is 34.1 Å². The van der Waals surface area contributed by atoms with Crippen LogP contribution in [-0.2, 0) is 21.2 Å². The van der Waals surface area contributed by atoms with Crippen molar-refractivity contribution in [2.24, 2.45) is 11.8 Å². The number of nitrogens with zero attached hydrogens (tertiary/aromatic N) is 2. The molecule has 0 radical (unpaired) electrons. The first-order chi connectivity index (χ1) is 16.8. The zero-order valence-electron chi connectivity index (χ0n) is 18.8. The highest BCUT2D eigenvalue weighted by Crippen LogP contribution is 2.45. The van der Waals surface area contributed by atoms with E-state index in [2.05, 4.69) is 25.3 Å². The van der Waals surface area contributed by atoms with Gasteiger partial charge in [-0.05, 0) is 73.6 Å². The van der Waals surface area contributed by atoms with Crippen molar-refractivity contribution >= 4 is 44.9 Å². The number of aromatic nitrogens is 2. The van der Waals surface area contributed by atoms with Crippen molar-refractivity contribution in [2.45, 2.75) is 43.0 Å². The fraction of sp³-hybridized carbons (Fsp3) is 0.320. The summed E-state index contributed by atoms with van der Waals surface area (Å²) in [4.78, 5) is 21.5. The molecule has 180 valence electrons. The molecule has 3 aromatic rings. The Bertz CT molecular complexity index is 1430. The first kappa shape index (κ1) is 22.5. The minimum Gasteiger partial charge on any atom is -0.325 e. The maximum absolute atomic E-state index is 12.9. The second-order valence-electron chi connectivity index (χ2n) is 9.53. The number of amides is 1. The fourth-order valence-corrected chi connectivity index (χ4v) is 7.02. The number of fused-ring (bicyclic) bond motifs is 5. The van der Waals surface area contributed by atoms with Crippen LogP contribution in [0.3, 0.4) is 0 Å². The van der Waals surface area contributed by atoms with E-state index < -0.39 is 10.0 Å². The van der Waals surface area contributed by atoms with Gasteiger partial charge in [0.2, 0.25) is 21.9 Å². The molecule has 2 saturated carbocycles. The van der Waals surface area contributed by atoms with E-state index in [0.717, 1.165) is 24.8 Å². The molecule has 2 fully saturated rings. The monoisotopic (exact) mass is 509 g/mol. The van der Waals surface area contributed by atoms with Gasteiger partial charge in [-0.25, -0.2) is 23.1 Å². The lowest BCUT2D eigenvalue weighted by Crippen LogP contribution is -2.38. The van der Waals surface area contributed by atoms with Gasteiger partial charge in [-0.15, -0.1) is 0 Å². The number of hydrogen-bond donors (Lipinski definition) is 3. The van der Waals surface area contributed by atoms with Gasteiger partial charge in [0.15, 0.2) is 0 Å². The summed E-state index contributed by atoms with van der Waals surface area (Å²) in [6.45, 7) is 0. The van der Waals surface area contributed by atoms with E-state index in [1.807, 2.05) is 6.07 Å². The Morgan fingerprint density at radius 2 is 1.89 bits per heavy atom. The van der Waals surface area contributed by atoms with Crippen molar-refractivity contribution in [3.05, 3.63) is 59.2 Å². The van der Waals surface area contributed by atoms with Gasteiger partial charge in [0.25, 0.3) is 0 Å². The van der Waals surface area contributed by atoms with Crippen LogP contribution in [0.5, 0.6) is 0 Å². The van der Waals surface area contributed by atoms with Crippen molar-refractivity contribution < 1.29 is 13.2 Å². The highest BCUT2D eigenvalue weighted by molar-refractivity contribution is 7.89. The lowest BCUT2D eigenvalue weighted by Gasteiger charge is -2.22. The van der Waals surface area contributed by atoms with Crippen molar-refractivity contribution in [3.63, 3.8) is 0 Å². The van der Waals surface area contributed by atoms with Crippen molar-refractivity contribution in [3.8, 4) is 11.3 Å². The van der Waals surface area contributed by atoms with Crippen LogP contribution in [0.25, 0.3) is 11.3 Å². The Morgan fingerprint density at radius 3 is 2.63 bits per heavy atom. The molecule has 1 amide bonds. The zero-order chi connectivity index (χ0) is 24.2. The van der Waals surface area contributed by atoms with E-state index in [4.69, 9.17) is 11.6 Å². The molecule has 35 heavy (non-hydrogen) atoms. The number of halogens is 1. The average Bonchev–Trinajstić information content (AvgIpc) is 3.40. The van der Waals surface area contributed by atoms with Crippen LogP contribution in [0.15, 0.2) is 53.6 Å². The molecule has 2 aromatic carbocycles. The van der Waals surface area contributed by atoms with E-state index in [-0.39, 0.29) is 23.3 Å². The summed E-state index contributed by atoms with van der Waals surface area (Å²) >= 11 is 6.11. The van der Waals surface area contributed by atoms with Gasteiger partial charge in [0.05, 0.1) is 22.7 Å². The van der Waals surface area contributed by atoms with E-state index in [0.29, 0.717) is 45.4 Å². The zero-order valence-corrected chi connectivity index (χ0v) is 20.4. The Balaban J connectivity index is 1.22. The van der Waals surface area contributed by atoms with Gasteiger partial charge in [-0.1, -0.05) is 18.0 Å². The molecular formula is C25H24ClN5O3S. The van der Waals surface area contributed by atoms with Crippen LogP contribution in [0, 0.1) is 11.8 Å². The van der Waals surface area contributed by atoms with Crippen molar-refractivity contribution in [1.29, 1.82) is 0 Å². The van der Waals surface area contributed by atoms with E-state index >= 15 is 0 Å². The van der Waals surface area contributed by atoms with Gasteiger partial charge >= 0.3 is 0 Å². The van der Waals surface area contributed by atoms with Crippen LogP contribution >= 0.6 is 11.6 Å². The topological polar surface area (TPSA) is 113 Å². The van der Waals surface area contributed by atoms with Crippen LogP contribution in [0.1, 0.15) is 31.2 Å². The van der Waals surface area contributed by atoms with Gasteiger partial charge in [-0.3, -0.25) is 4.79 Å². The quantitative estimate of drug-likeness (QED) is 0.466. The summed E-state index contributed by atoms with van der Waals surface area (Å²) in [5.41, 5.74) is 3.37. The third-order valence-corrected chi connectivity index (χ3v) is 8.93. The normalized spacial score (nSPS) is 22.8. The Labute approximate surface area is 208 Å². The number of hydrogen-bond acceptors (Lipinski definition) is 6. The molecule has 6 rings (SSSR count). The molecule has 2 aliphatic carbocycles. The number of carbonyl (C=O) groups is 1. The number of nitrogens with one attached hydrogen (secondary N) is 3. The molecule has 3 atom stereocenters. The number of sulfonamides is 1. The SMILES string of the molecule is O=C1Cc2cnc(Nc3ccc(S(=O)(=O)N[C@@H]4C[C@H]5CC[C@H]4C5)cc3)nc2-c2ccc(Cl)cc2N1. The molecule has 10 heteroatoms. The molecule has 3 N–H and O–H groups in total. The lowest BCUT2D eigenvalue weighted by atomic mass is 9.96. The van der Waals surface area contributed by atoms with Gasteiger partial charge < -0.3 is 10.6 Å². The third-order valence-electron chi connectivity index (χ3n) is 7.19. The average molecular weight is 510 g/mol. The van der Waals surface area contributed by atoms with Crippen LogP contribution in [0.4, 0.5) is 17.3 Å². The summed E-state index contributed by atoms with van der Waals surface area (Å²) in [7, 11) is -3.57. The molecule has 1 aromatic heterocycles. The maximum atomic E-state index is 12.9. The molecule has 2 heterocycles. The minimum absolute atomic E-state index is 0.0451. The molecule has 2 bridgehead atoms. The first-order valence-corrected chi connectivity index (χ1v) is 13.6. The Hall–Kier alpha value is -3.01. The van der Waals surface area contributed by atoms with Crippen LogP contribution < -0.4 is 15.4 Å². The largest absolute Gasteiger partial charge is 0.325 e.